The van der Waals surface area contributed by atoms with Crippen LogP contribution in [0, 0.1) is 0 Å². The Balaban J connectivity index is 2.57. The van der Waals surface area contributed by atoms with Gasteiger partial charge < -0.3 is 14.6 Å². The van der Waals surface area contributed by atoms with Crippen LogP contribution in [0.5, 0.6) is 0 Å². The molecule has 0 aliphatic carbocycles. The van der Waals surface area contributed by atoms with Crippen molar-refractivity contribution in [2.75, 3.05) is 0 Å². The van der Waals surface area contributed by atoms with Crippen molar-refractivity contribution >= 4 is 12.3 Å². The molecule has 1 aromatic rings. The minimum Gasteiger partial charge on any atom is -0.481 e. The molecule has 20 heavy (non-hydrogen) atoms. The third-order valence-corrected chi connectivity index (χ3v) is 2.87. The summed E-state index contributed by atoms with van der Waals surface area (Å²) in [6.45, 7) is 0.173. The molecule has 0 aromatic heterocycles. The summed E-state index contributed by atoms with van der Waals surface area (Å²) in [5.41, 5.74) is 0.870. The van der Waals surface area contributed by atoms with E-state index in [1.54, 1.807) is 0 Å². The highest BCUT2D eigenvalue weighted by Gasteiger charge is 2.13. The molecule has 1 atom stereocenters. The number of carboxylic acids is 1. The van der Waals surface area contributed by atoms with Gasteiger partial charge in [-0.15, -0.1) is 0 Å². The number of carbonyl (C=O) groups excluding carboxylic acids is 1. The second-order valence-corrected chi connectivity index (χ2v) is 4.54. The van der Waals surface area contributed by atoms with Gasteiger partial charge in [0, 0.05) is 9.16 Å². The van der Waals surface area contributed by atoms with Crippen molar-refractivity contribution in [3.63, 3.8) is 0 Å². The zero-order chi connectivity index (χ0) is 16.4. The Hall–Kier alpha value is -1.68. The van der Waals surface area contributed by atoms with E-state index in [1.165, 1.54) is 0 Å². The minimum atomic E-state index is -2.43. The fourth-order valence-electron chi connectivity index (χ4n) is 1.84. The lowest BCUT2D eigenvalue weighted by Crippen LogP contribution is -2.17. The van der Waals surface area contributed by atoms with Gasteiger partial charge in [-0.05, 0) is 18.4 Å². The van der Waals surface area contributed by atoms with E-state index < -0.39 is 18.4 Å². The summed E-state index contributed by atoms with van der Waals surface area (Å²) in [6.07, 6.45) is 0.289. The monoisotopic (exact) mass is 280 g/mol. The number of unbranched alkanes of at least 4 members (excludes halogenated alkanes) is 3. The molecule has 0 amide bonds. The van der Waals surface area contributed by atoms with Gasteiger partial charge in [0.25, 0.3) is 0 Å². The van der Waals surface area contributed by atoms with Crippen LogP contribution in [0.2, 0.25) is 0 Å². The van der Waals surface area contributed by atoms with E-state index in [9.17, 15) is 9.59 Å². The Bertz CT molecular complexity index is 462. The van der Waals surface area contributed by atoms with Crippen LogP contribution in [0.1, 0.15) is 46.8 Å². The second-order valence-electron chi connectivity index (χ2n) is 4.54. The third kappa shape index (κ3) is 7.69. The maximum atomic E-state index is 11.1. The van der Waals surface area contributed by atoms with Crippen molar-refractivity contribution in [1.29, 1.82) is 0 Å². The lowest BCUT2D eigenvalue weighted by molar-refractivity contribution is -0.140. The van der Waals surface area contributed by atoms with Gasteiger partial charge in [0.05, 0.1) is 19.1 Å². The molecule has 0 saturated carbocycles. The van der Waals surface area contributed by atoms with Gasteiger partial charge in [-0.2, -0.15) is 0 Å². The Kier molecular flexibility index (Phi) is 6.75. The van der Waals surface area contributed by atoms with Gasteiger partial charge in [0.15, 0.2) is 0 Å². The summed E-state index contributed by atoms with van der Waals surface area (Å²) in [7, 11) is 0. The topological polar surface area (TPSA) is 63.6 Å². The van der Waals surface area contributed by atoms with Gasteiger partial charge >= 0.3 is 5.97 Å². The zero-order valence-electron chi connectivity index (χ0n) is 13.5. The maximum Gasteiger partial charge on any atom is 0.305 e. The van der Waals surface area contributed by atoms with Crippen LogP contribution in [0.3, 0.4) is 0 Å². The maximum absolute atomic E-state index is 11.1. The smallest absolute Gasteiger partial charge is 0.305 e. The number of benzene rings is 1. The number of carboxylic acid groups (broad SMARTS) is 1. The summed E-state index contributed by atoms with van der Waals surface area (Å²) in [4.78, 5) is 21.4. The summed E-state index contributed by atoms with van der Waals surface area (Å²) >= 11 is 0. The van der Waals surface area contributed by atoms with E-state index >= 15 is 0 Å². The van der Waals surface area contributed by atoms with Crippen molar-refractivity contribution in [2.24, 2.45) is 0 Å². The lowest BCUT2D eigenvalue weighted by Gasteiger charge is -2.16. The van der Waals surface area contributed by atoms with Crippen LogP contribution in [-0.4, -0.2) is 23.5 Å². The van der Waals surface area contributed by atoms with Gasteiger partial charge in [-0.3, -0.25) is 4.79 Å². The first-order chi connectivity index (χ1) is 10.5. The molecule has 1 N–H and O–H groups in total. The van der Waals surface area contributed by atoms with Crippen LogP contribution >= 0.6 is 0 Å². The predicted molar refractivity (Wildman–Crippen MR) is 76.4 cm³/mol. The van der Waals surface area contributed by atoms with Crippen LogP contribution in [0.4, 0.5) is 0 Å². The number of aldehydes is 1. The van der Waals surface area contributed by atoms with Crippen molar-refractivity contribution in [1.82, 2.24) is 0 Å². The summed E-state index contributed by atoms with van der Waals surface area (Å²) in [5, 5.41) is 9.05. The van der Waals surface area contributed by atoms with E-state index in [1.807, 2.05) is 30.3 Å². The van der Waals surface area contributed by atoms with Crippen LogP contribution in [0.15, 0.2) is 30.3 Å². The van der Waals surface area contributed by atoms with E-state index in [4.69, 9.17) is 12.6 Å². The minimum absolute atomic E-state index is 0.173. The van der Waals surface area contributed by atoms with E-state index in [0.717, 1.165) is 24.7 Å². The molecule has 0 fully saturated rings. The van der Waals surface area contributed by atoms with E-state index in [2.05, 4.69) is 0 Å². The molecule has 4 heteroatoms. The fourth-order valence-corrected chi connectivity index (χ4v) is 1.84. The molecule has 0 aliphatic heterocycles. The highest BCUT2D eigenvalue weighted by Crippen LogP contribution is 2.13. The van der Waals surface area contributed by atoms with Gasteiger partial charge in [-0.25, -0.2) is 0 Å². The molecule has 4 nitrogen and oxygen atoms in total. The first-order valence-electron chi connectivity index (χ1n) is 7.81. The predicted octanol–water partition coefficient (Wildman–Crippen LogP) is 3.20. The normalized spacial score (nSPS) is 14.2. The lowest BCUT2D eigenvalue weighted by atomic mass is 10.1. The molecule has 1 rings (SSSR count). The third-order valence-electron chi connectivity index (χ3n) is 2.87. The van der Waals surface area contributed by atoms with Gasteiger partial charge in [0.2, 0.25) is 0 Å². The average Bonchev–Trinajstić information content (AvgIpc) is 2.50. The first kappa shape index (κ1) is 13.3. The molecule has 0 bridgehead atoms. The van der Waals surface area contributed by atoms with E-state index in [0.29, 0.717) is 19.3 Å². The second kappa shape index (κ2) is 10.1. The van der Waals surface area contributed by atoms with Crippen molar-refractivity contribution in [3.05, 3.63) is 35.9 Å². The summed E-state index contributed by atoms with van der Waals surface area (Å²) < 4.78 is 20.9. The molecule has 0 spiro atoms. The number of hydrogen-bond donors (Lipinski definition) is 1. The highest BCUT2D eigenvalue weighted by atomic mass is 16.5. The van der Waals surface area contributed by atoms with Crippen molar-refractivity contribution in [2.45, 2.75) is 51.2 Å². The van der Waals surface area contributed by atoms with Crippen LogP contribution < -0.4 is 0 Å². The fraction of sp³-hybridized carbons (Fsp3) is 0.500. The number of aliphatic carboxylic acids is 1. The molecule has 0 saturated heterocycles. The summed E-state index contributed by atoms with van der Waals surface area (Å²) in [5.74, 6) is -1.52. The van der Waals surface area contributed by atoms with Gasteiger partial charge in [0.1, 0.15) is 6.29 Å². The molecule has 0 aliphatic rings. The average molecular weight is 280 g/mol. The largest absolute Gasteiger partial charge is 0.481 e. The number of carbonyl (C=O) groups is 2. The van der Waals surface area contributed by atoms with Crippen LogP contribution in [0.25, 0.3) is 0 Å². The summed E-state index contributed by atoms with van der Waals surface area (Å²) in [6, 6.07) is 9.25. The molecule has 0 heterocycles. The van der Waals surface area contributed by atoms with Gasteiger partial charge in [-0.1, -0.05) is 43.2 Å². The first-order valence-corrected chi connectivity index (χ1v) is 6.81. The molecular weight excluding hydrogens is 256 g/mol. The molecule has 1 unspecified atom stereocenters. The Morgan fingerprint density at radius 1 is 1.30 bits per heavy atom. The number of ether oxygens (including phenoxy) is 1. The Morgan fingerprint density at radius 3 is 2.70 bits per heavy atom. The zero-order valence-corrected chi connectivity index (χ0v) is 11.5. The van der Waals surface area contributed by atoms with Crippen LogP contribution in [-0.2, 0) is 20.9 Å². The molecule has 0 radical (unpaired) electrons. The Labute approximate surface area is 122 Å². The SMILES string of the molecule is [2H]C([2H])(C(=O)O)C(CCCCCC=O)OCc1ccccc1. The van der Waals surface area contributed by atoms with Crippen molar-refractivity contribution < 1.29 is 22.2 Å². The molecule has 110 valence electrons. The molecule has 1 aromatic carbocycles. The quantitative estimate of drug-likeness (QED) is 0.499. The van der Waals surface area contributed by atoms with E-state index in [-0.39, 0.29) is 6.61 Å². The Morgan fingerprint density at radius 2 is 2.05 bits per heavy atom. The number of rotatable bonds is 11. The highest BCUT2D eigenvalue weighted by molar-refractivity contribution is 5.67. The van der Waals surface area contributed by atoms with Crippen molar-refractivity contribution in [3.8, 4) is 0 Å². The molecular formula is C16H22O4. The number of hydrogen-bond acceptors (Lipinski definition) is 3. The standard InChI is InChI=1S/C16H22O4/c17-11-7-2-1-6-10-15(12-16(18)19)20-13-14-8-4-3-5-9-14/h3-5,8-9,11,15H,1-2,6-7,10,12-13H2,(H,18,19)/i12D2.